The van der Waals surface area contributed by atoms with Crippen LogP contribution in [0.5, 0.6) is 0 Å². The van der Waals surface area contributed by atoms with E-state index in [4.69, 9.17) is 0 Å². The molecule has 1 nitrogen and oxygen atoms in total. The van der Waals surface area contributed by atoms with E-state index < -0.39 is 0 Å². The van der Waals surface area contributed by atoms with Gasteiger partial charge in [-0.15, -0.1) is 0 Å². The number of rotatable bonds is 8. The molecule has 0 amide bonds. The summed E-state index contributed by atoms with van der Waals surface area (Å²) in [5, 5.41) is 0. The normalized spacial score (nSPS) is 10.6. The maximum absolute atomic E-state index is 3.19. The van der Waals surface area contributed by atoms with E-state index in [-0.39, 0.29) is 0 Å². The highest BCUT2D eigenvalue weighted by molar-refractivity contribution is 5.00. The first-order valence-corrected chi connectivity index (χ1v) is 5.97. The van der Waals surface area contributed by atoms with Crippen molar-refractivity contribution in [2.45, 2.75) is 58.3 Å². The molecule has 0 fully saturated rings. The summed E-state index contributed by atoms with van der Waals surface area (Å²) < 4.78 is 0. The van der Waals surface area contributed by atoms with Crippen molar-refractivity contribution in [3.8, 4) is 0 Å². The topological polar surface area (TPSA) is 15.8 Å². The monoisotopic (exact) mass is 192 g/mol. The number of nitrogens with one attached hydrogen (secondary N) is 1. The lowest BCUT2D eigenvalue weighted by atomic mass is 10.1. The second-order valence-electron chi connectivity index (χ2n) is 3.97. The highest BCUT2D eigenvalue weighted by Crippen LogP contribution is 2.09. The molecule has 1 rings (SSSR count). The van der Waals surface area contributed by atoms with Gasteiger partial charge in [-0.25, -0.2) is 0 Å². The third-order valence-corrected chi connectivity index (χ3v) is 2.63. The van der Waals surface area contributed by atoms with Crippen molar-refractivity contribution in [3.63, 3.8) is 0 Å². The van der Waals surface area contributed by atoms with Crippen molar-refractivity contribution in [2.24, 2.45) is 0 Å². The molecule has 1 aromatic heterocycles. The molecule has 14 heavy (non-hydrogen) atoms. The summed E-state index contributed by atoms with van der Waals surface area (Å²) in [7, 11) is 0. The molecule has 1 aromatic rings. The summed E-state index contributed by atoms with van der Waals surface area (Å²) in [6, 6.07) is 5.15. The molecule has 0 unspecified atom stereocenters. The fraction of sp³-hybridized carbons (Fsp3) is 0.692. The molecule has 0 spiro atoms. The molecule has 0 aliphatic carbocycles. The van der Waals surface area contributed by atoms with Gasteiger partial charge in [0.1, 0.15) is 0 Å². The molecular formula is C13H22N. The number of hydrogen-bond acceptors (Lipinski definition) is 0. The number of aromatic amines is 1. The van der Waals surface area contributed by atoms with Crippen LogP contribution in [0.2, 0.25) is 0 Å². The minimum atomic E-state index is 1.17. The minimum absolute atomic E-state index is 1.17. The number of unbranched alkanes of at least 4 members (excludes halogenated alkanes) is 6. The Morgan fingerprint density at radius 2 is 1.79 bits per heavy atom. The summed E-state index contributed by atoms with van der Waals surface area (Å²) in [4.78, 5) is 3.19. The van der Waals surface area contributed by atoms with Crippen LogP contribution in [-0.2, 0) is 6.42 Å². The largest absolute Gasteiger partial charge is 0.364 e. The average molecular weight is 192 g/mol. The van der Waals surface area contributed by atoms with Crippen molar-refractivity contribution in [2.75, 3.05) is 0 Å². The van der Waals surface area contributed by atoms with E-state index in [0.717, 1.165) is 0 Å². The first-order chi connectivity index (χ1) is 6.93. The van der Waals surface area contributed by atoms with E-state index in [1.165, 1.54) is 57.1 Å². The molecule has 0 saturated heterocycles. The van der Waals surface area contributed by atoms with Crippen molar-refractivity contribution < 1.29 is 0 Å². The molecule has 0 saturated carbocycles. The Morgan fingerprint density at radius 3 is 2.43 bits per heavy atom. The molecule has 0 atom stereocenters. The lowest BCUT2D eigenvalue weighted by Gasteiger charge is -2.00. The first kappa shape index (κ1) is 11.4. The van der Waals surface area contributed by atoms with Crippen LogP contribution in [0, 0.1) is 6.07 Å². The summed E-state index contributed by atoms with van der Waals surface area (Å²) in [6.07, 6.45) is 12.8. The Labute approximate surface area is 87.9 Å². The molecule has 0 aliphatic heterocycles. The van der Waals surface area contributed by atoms with E-state index in [2.05, 4.69) is 18.0 Å². The van der Waals surface area contributed by atoms with Gasteiger partial charge in [0.05, 0.1) is 0 Å². The van der Waals surface area contributed by atoms with E-state index in [9.17, 15) is 0 Å². The Kier molecular flexibility index (Phi) is 6.21. The van der Waals surface area contributed by atoms with Crippen molar-refractivity contribution in [1.29, 1.82) is 0 Å². The molecule has 0 aliphatic rings. The molecule has 79 valence electrons. The molecule has 1 heteroatoms. The lowest BCUT2D eigenvalue weighted by Crippen LogP contribution is -1.86. The lowest BCUT2D eigenvalue weighted by molar-refractivity contribution is 0.587. The zero-order chi connectivity index (χ0) is 10.1. The van der Waals surface area contributed by atoms with Gasteiger partial charge in [-0.2, -0.15) is 0 Å². The minimum Gasteiger partial charge on any atom is -0.364 e. The zero-order valence-corrected chi connectivity index (χ0v) is 9.31. The second kappa shape index (κ2) is 7.66. The maximum Gasteiger partial charge on any atom is 0.0227 e. The van der Waals surface area contributed by atoms with E-state index in [0.29, 0.717) is 0 Å². The molecule has 1 radical (unpaired) electrons. The smallest absolute Gasteiger partial charge is 0.0227 e. The van der Waals surface area contributed by atoms with Crippen molar-refractivity contribution >= 4 is 0 Å². The van der Waals surface area contributed by atoms with Gasteiger partial charge in [0, 0.05) is 18.0 Å². The molecule has 0 bridgehead atoms. The predicted molar refractivity (Wildman–Crippen MR) is 61.3 cm³/mol. The van der Waals surface area contributed by atoms with Crippen molar-refractivity contribution in [3.05, 3.63) is 24.0 Å². The van der Waals surface area contributed by atoms with E-state index in [1.54, 1.807) is 0 Å². The van der Waals surface area contributed by atoms with E-state index >= 15 is 0 Å². The van der Waals surface area contributed by atoms with Gasteiger partial charge >= 0.3 is 0 Å². The van der Waals surface area contributed by atoms with E-state index in [1.807, 2.05) is 12.3 Å². The Bertz CT molecular complexity index is 201. The van der Waals surface area contributed by atoms with Crippen LogP contribution in [0.1, 0.15) is 57.6 Å². The number of H-pyrrole nitrogens is 1. The quantitative estimate of drug-likeness (QED) is 0.597. The highest BCUT2D eigenvalue weighted by Gasteiger charge is 1.94. The summed E-state index contributed by atoms with van der Waals surface area (Å²) >= 11 is 0. The van der Waals surface area contributed by atoms with Crippen LogP contribution in [0.25, 0.3) is 0 Å². The van der Waals surface area contributed by atoms with Crippen LogP contribution in [0.15, 0.2) is 12.3 Å². The first-order valence-electron chi connectivity index (χ1n) is 5.97. The Balaban J connectivity index is 1.85. The third kappa shape index (κ3) is 5.11. The van der Waals surface area contributed by atoms with Crippen LogP contribution in [0.4, 0.5) is 0 Å². The van der Waals surface area contributed by atoms with Gasteiger partial charge in [-0.1, -0.05) is 45.4 Å². The van der Waals surface area contributed by atoms with Crippen LogP contribution >= 0.6 is 0 Å². The van der Waals surface area contributed by atoms with Gasteiger partial charge in [-0.3, -0.25) is 0 Å². The summed E-state index contributed by atoms with van der Waals surface area (Å²) in [6.45, 7) is 2.26. The predicted octanol–water partition coefficient (Wildman–Crippen LogP) is 4.11. The zero-order valence-electron chi connectivity index (χ0n) is 9.31. The maximum atomic E-state index is 3.19. The summed E-state index contributed by atoms with van der Waals surface area (Å²) in [5.74, 6) is 0. The molecule has 1 heterocycles. The summed E-state index contributed by atoms with van der Waals surface area (Å²) in [5.41, 5.74) is 1.26. The SMILES string of the molecule is CCCCCCCCCc1[c]cc[nH]1. The molecule has 1 N–H and O–H groups in total. The molecular weight excluding hydrogens is 170 g/mol. The van der Waals surface area contributed by atoms with Gasteiger partial charge in [-0.05, 0) is 18.9 Å². The van der Waals surface area contributed by atoms with Crippen LogP contribution in [-0.4, -0.2) is 4.98 Å². The van der Waals surface area contributed by atoms with Crippen LogP contribution in [0.3, 0.4) is 0 Å². The van der Waals surface area contributed by atoms with Gasteiger partial charge in [0.15, 0.2) is 0 Å². The third-order valence-electron chi connectivity index (χ3n) is 2.63. The molecule has 0 aromatic carbocycles. The average Bonchev–Trinajstić information content (AvgIpc) is 2.69. The number of aromatic nitrogens is 1. The number of aryl methyl sites for hydroxylation is 1. The van der Waals surface area contributed by atoms with Crippen LogP contribution < -0.4 is 0 Å². The second-order valence-corrected chi connectivity index (χ2v) is 3.97. The Hall–Kier alpha value is -0.720. The number of hydrogen-bond donors (Lipinski definition) is 1. The van der Waals surface area contributed by atoms with Gasteiger partial charge in [0.2, 0.25) is 0 Å². The highest BCUT2D eigenvalue weighted by atomic mass is 14.7. The fourth-order valence-electron chi connectivity index (χ4n) is 1.73. The Morgan fingerprint density at radius 1 is 1.07 bits per heavy atom. The van der Waals surface area contributed by atoms with Gasteiger partial charge < -0.3 is 4.98 Å². The van der Waals surface area contributed by atoms with Crippen molar-refractivity contribution in [1.82, 2.24) is 4.98 Å². The van der Waals surface area contributed by atoms with Gasteiger partial charge in [0.25, 0.3) is 0 Å². The standard InChI is InChI=1S/C13H22N/c1-2-3-4-5-6-7-8-10-13-11-9-12-14-13/h9,12,14H,2-8,10H2,1H3. The fourth-order valence-corrected chi connectivity index (χ4v) is 1.73.